The Labute approximate surface area is 155 Å². The molecule has 0 heterocycles. The number of ether oxygens (including phenoxy) is 2. The average molecular weight is 372 g/mol. The number of nitrogens with one attached hydrogen (secondary N) is 1. The summed E-state index contributed by atoms with van der Waals surface area (Å²) in [4.78, 5) is 22.0. The van der Waals surface area contributed by atoms with Crippen LogP contribution in [0.4, 0.5) is 16.2 Å². The summed E-state index contributed by atoms with van der Waals surface area (Å²) >= 11 is 0. The van der Waals surface area contributed by atoms with E-state index in [1.807, 2.05) is 0 Å². The molecule has 1 amide bonds. The molecule has 2 atom stereocenters. The molecule has 0 radical (unpaired) electrons. The van der Waals surface area contributed by atoms with Crippen LogP contribution in [0.3, 0.4) is 0 Å². The maximum Gasteiger partial charge on any atom is 0.417 e. The molecule has 1 aliphatic rings. The number of nitro benzene ring substituents is 1. The number of nitro groups is 1. The summed E-state index contributed by atoms with van der Waals surface area (Å²) < 4.78 is 11.0. The first-order valence-electron chi connectivity index (χ1n) is 8.64. The smallest absolute Gasteiger partial charge is 0.417 e. The highest BCUT2D eigenvalue weighted by Crippen LogP contribution is 2.29. The predicted molar refractivity (Wildman–Crippen MR) is 98.0 cm³/mol. The summed E-state index contributed by atoms with van der Waals surface area (Å²) in [6.45, 7) is 0.194. The van der Waals surface area contributed by atoms with E-state index in [0.717, 1.165) is 19.3 Å². The zero-order chi connectivity index (χ0) is 19.2. The monoisotopic (exact) mass is 372 g/mol. The van der Waals surface area contributed by atoms with Crippen molar-refractivity contribution in [3.63, 3.8) is 0 Å². The third-order valence-corrected chi connectivity index (χ3v) is 4.41. The predicted octanol–water partition coefficient (Wildman–Crippen LogP) is 3.75. The maximum absolute atomic E-state index is 11.9. The average Bonchev–Trinajstić information content (AvgIpc) is 3.11. The number of hydrogen-bond acceptors (Lipinski definition) is 6. The van der Waals surface area contributed by atoms with Crippen molar-refractivity contribution in [2.24, 2.45) is 5.92 Å². The molecule has 1 aliphatic carbocycles. The number of amides is 1. The van der Waals surface area contributed by atoms with E-state index in [0.29, 0.717) is 17.4 Å². The number of rotatable bonds is 6. The van der Waals surface area contributed by atoms with E-state index in [2.05, 4.69) is 5.32 Å². The molecule has 1 fully saturated rings. The van der Waals surface area contributed by atoms with E-state index in [-0.39, 0.29) is 24.1 Å². The molecule has 0 aliphatic heterocycles. The number of hydrogen-bond donors (Lipinski definition) is 2. The number of non-ortho nitro benzene ring substituents is 1. The largest absolute Gasteiger partial charge is 0.490 e. The number of carbonyl (C=O) groups is 1. The number of carbonyl (C=O) groups excluding carboxylic acids is 1. The fourth-order valence-electron chi connectivity index (χ4n) is 3.00. The van der Waals surface area contributed by atoms with E-state index < -0.39 is 11.0 Å². The van der Waals surface area contributed by atoms with Crippen LogP contribution in [0, 0.1) is 16.0 Å². The molecule has 2 N–H and O–H groups in total. The van der Waals surface area contributed by atoms with Crippen LogP contribution >= 0.6 is 0 Å². The Bertz CT molecular complexity index is 791. The first kappa shape index (κ1) is 18.7. The van der Waals surface area contributed by atoms with Crippen molar-refractivity contribution in [1.82, 2.24) is 0 Å². The highest BCUT2D eigenvalue weighted by molar-refractivity contribution is 5.86. The Morgan fingerprint density at radius 1 is 1.11 bits per heavy atom. The van der Waals surface area contributed by atoms with Gasteiger partial charge in [0.25, 0.3) is 5.69 Å². The zero-order valence-electron chi connectivity index (χ0n) is 14.5. The van der Waals surface area contributed by atoms with Crippen molar-refractivity contribution in [3.05, 3.63) is 58.6 Å². The van der Waals surface area contributed by atoms with Gasteiger partial charge in [0.1, 0.15) is 11.5 Å². The fraction of sp³-hybridized carbons (Fsp3) is 0.316. The van der Waals surface area contributed by atoms with Crippen molar-refractivity contribution in [2.75, 3.05) is 11.9 Å². The van der Waals surface area contributed by atoms with E-state index in [1.54, 1.807) is 24.3 Å². The molecule has 0 spiro atoms. The van der Waals surface area contributed by atoms with Gasteiger partial charge in [-0.3, -0.25) is 15.4 Å². The molecular formula is C19H20N2O6. The van der Waals surface area contributed by atoms with Crippen LogP contribution in [-0.4, -0.2) is 28.8 Å². The lowest BCUT2D eigenvalue weighted by Crippen LogP contribution is -2.17. The van der Waals surface area contributed by atoms with Gasteiger partial charge in [-0.05, 0) is 61.6 Å². The van der Waals surface area contributed by atoms with Crippen molar-refractivity contribution < 1.29 is 24.3 Å². The molecule has 2 aromatic rings. The second-order valence-corrected chi connectivity index (χ2v) is 6.39. The lowest BCUT2D eigenvalue weighted by molar-refractivity contribution is -0.384. The van der Waals surface area contributed by atoms with Crippen LogP contribution in [0.2, 0.25) is 0 Å². The number of aliphatic hydroxyl groups is 1. The van der Waals surface area contributed by atoms with E-state index in [9.17, 15) is 20.0 Å². The van der Waals surface area contributed by atoms with Crippen molar-refractivity contribution in [2.45, 2.75) is 25.4 Å². The molecule has 0 unspecified atom stereocenters. The Morgan fingerprint density at radius 3 is 2.37 bits per heavy atom. The Kier molecular flexibility index (Phi) is 5.87. The summed E-state index contributed by atoms with van der Waals surface area (Å²) in [5.74, 6) is 1.22. The second kappa shape index (κ2) is 8.50. The third kappa shape index (κ3) is 5.18. The van der Waals surface area contributed by atoms with Gasteiger partial charge in [0.05, 0.1) is 11.0 Å². The first-order chi connectivity index (χ1) is 13.0. The molecule has 3 rings (SSSR count). The number of aliphatic hydroxyl groups excluding tert-OH is 1. The van der Waals surface area contributed by atoms with E-state index >= 15 is 0 Å². The fourth-order valence-corrected chi connectivity index (χ4v) is 3.00. The summed E-state index contributed by atoms with van der Waals surface area (Å²) in [5, 5.41) is 22.4. The number of nitrogens with zero attached hydrogens (tertiary/aromatic N) is 1. The molecule has 142 valence electrons. The zero-order valence-corrected chi connectivity index (χ0v) is 14.5. The molecule has 27 heavy (non-hydrogen) atoms. The molecule has 0 aromatic heterocycles. The summed E-state index contributed by atoms with van der Waals surface area (Å²) in [5.41, 5.74) is 0.458. The summed E-state index contributed by atoms with van der Waals surface area (Å²) in [7, 11) is 0. The minimum absolute atomic E-state index is 0.0779. The number of anilines is 1. The lowest BCUT2D eigenvalue weighted by atomic mass is 10.1. The van der Waals surface area contributed by atoms with Gasteiger partial charge < -0.3 is 14.6 Å². The van der Waals surface area contributed by atoms with Gasteiger partial charge in [-0.2, -0.15) is 0 Å². The van der Waals surface area contributed by atoms with Gasteiger partial charge in [-0.15, -0.1) is 0 Å². The molecule has 8 nitrogen and oxygen atoms in total. The first-order valence-corrected chi connectivity index (χ1v) is 8.64. The molecule has 8 heteroatoms. The molecule has 2 aromatic carbocycles. The van der Waals surface area contributed by atoms with Gasteiger partial charge in [-0.25, -0.2) is 4.79 Å². The van der Waals surface area contributed by atoms with Gasteiger partial charge in [0.15, 0.2) is 0 Å². The minimum Gasteiger partial charge on any atom is -0.490 e. The van der Waals surface area contributed by atoms with Gasteiger partial charge in [-0.1, -0.05) is 0 Å². The Hall–Kier alpha value is -3.13. The second-order valence-electron chi connectivity index (χ2n) is 6.39. The Balaban J connectivity index is 1.50. The number of benzene rings is 2. The molecular weight excluding hydrogens is 352 g/mol. The van der Waals surface area contributed by atoms with Crippen LogP contribution in [-0.2, 0) is 0 Å². The van der Waals surface area contributed by atoms with Gasteiger partial charge in [0.2, 0.25) is 0 Å². The third-order valence-electron chi connectivity index (χ3n) is 4.41. The van der Waals surface area contributed by atoms with Crippen LogP contribution in [0.15, 0.2) is 48.5 Å². The van der Waals surface area contributed by atoms with Crippen LogP contribution in [0.1, 0.15) is 19.3 Å². The normalized spacial score (nSPS) is 18.7. The van der Waals surface area contributed by atoms with Gasteiger partial charge >= 0.3 is 6.09 Å². The molecule has 0 saturated heterocycles. The van der Waals surface area contributed by atoms with Crippen LogP contribution < -0.4 is 14.8 Å². The van der Waals surface area contributed by atoms with E-state index in [4.69, 9.17) is 9.47 Å². The van der Waals surface area contributed by atoms with E-state index in [1.165, 1.54) is 24.3 Å². The van der Waals surface area contributed by atoms with Crippen LogP contribution in [0.25, 0.3) is 0 Å². The molecule has 1 saturated carbocycles. The van der Waals surface area contributed by atoms with Crippen LogP contribution in [0.5, 0.6) is 11.5 Å². The highest BCUT2D eigenvalue weighted by atomic mass is 16.6. The SMILES string of the molecule is O=C(Nc1ccc(O[C@@H]2CC[C@@H](CO)C2)cc1)Oc1ccc([N+](=O)[O-])cc1. The summed E-state index contributed by atoms with van der Waals surface area (Å²) in [6, 6.07) is 12.2. The van der Waals surface area contributed by atoms with Crippen molar-refractivity contribution in [1.29, 1.82) is 0 Å². The lowest BCUT2D eigenvalue weighted by Gasteiger charge is -2.14. The summed E-state index contributed by atoms with van der Waals surface area (Å²) in [6.07, 6.45) is 2.15. The Morgan fingerprint density at radius 2 is 1.78 bits per heavy atom. The maximum atomic E-state index is 11.9. The van der Waals surface area contributed by atoms with Crippen molar-refractivity contribution >= 4 is 17.5 Å². The van der Waals surface area contributed by atoms with Crippen molar-refractivity contribution in [3.8, 4) is 11.5 Å². The minimum atomic E-state index is -0.695. The topological polar surface area (TPSA) is 111 Å². The quantitative estimate of drug-likeness (QED) is 0.590. The molecule has 0 bridgehead atoms. The highest BCUT2D eigenvalue weighted by Gasteiger charge is 2.25. The standard InChI is InChI=1S/C19H20N2O6/c22-12-13-1-6-18(11-13)26-16-7-2-14(3-8-16)20-19(23)27-17-9-4-15(5-10-17)21(24)25/h2-5,7-10,13,18,22H,1,6,11-12H2,(H,20,23)/t13-,18-/m1/s1. The van der Waals surface area contributed by atoms with Gasteiger partial charge in [0, 0.05) is 24.4 Å².